The lowest BCUT2D eigenvalue weighted by Gasteiger charge is -2.20. The van der Waals surface area contributed by atoms with Crippen LogP contribution < -0.4 is 9.64 Å². The Morgan fingerprint density at radius 1 is 1.21 bits per heavy atom. The molecular formula is C21H15ClIN3O2S. The Kier molecular flexibility index (Phi) is 5.98. The lowest BCUT2D eigenvalue weighted by Crippen LogP contribution is -2.31. The molecule has 8 heteroatoms. The van der Waals surface area contributed by atoms with Crippen LogP contribution in [0.3, 0.4) is 0 Å². The van der Waals surface area contributed by atoms with Gasteiger partial charge in [0, 0.05) is 16.0 Å². The van der Waals surface area contributed by atoms with E-state index in [0.29, 0.717) is 33.5 Å². The third-order valence-electron chi connectivity index (χ3n) is 4.31. The lowest BCUT2D eigenvalue weighted by molar-refractivity contribution is 0.0984. The number of thiazole rings is 1. The number of carbonyl (C=O) groups is 1. The Morgan fingerprint density at radius 3 is 2.76 bits per heavy atom. The number of aromatic nitrogens is 2. The topological polar surface area (TPSA) is 55.3 Å². The number of fused-ring (bicyclic) bond motifs is 1. The van der Waals surface area contributed by atoms with Crippen LogP contribution >= 0.6 is 45.5 Å². The highest BCUT2D eigenvalue weighted by molar-refractivity contribution is 14.1. The van der Waals surface area contributed by atoms with Gasteiger partial charge in [0.25, 0.3) is 5.91 Å². The first kappa shape index (κ1) is 20.1. The van der Waals surface area contributed by atoms with Crippen molar-refractivity contribution < 1.29 is 9.53 Å². The molecule has 0 bridgehead atoms. The summed E-state index contributed by atoms with van der Waals surface area (Å²) in [5.41, 5.74) is 2.17. The summed E-state index contributed by atoms with van der Waals surface area (Å²) in [6.45, 7) is 0.345. The van der Waals surface area contributed by atoms with Gasteiger partial charge in [0.15, 0.2) is 5.13 Å². The van der Waals surface area contributed by atoms with Crippen LogP contribution in [0.15, 0.2) is 60.9 Å². The molecule has 0 unspecified atom stereocenters. The third-order valence-corrected chi connectivity index (χ3v) is 6.79. The number of carbonyl (C=O) groups excluding carboxylic acids is 1. The van der Waals surface area contributed by atoms with Gasteiger partial charge in [-0.1, -0.05) is 41.1 Å². The van der Waals surface area contributed by atoms with Crippen LogP contribution in [0.5, 0.6) is 5.75 Å². The molecule has 4 rings (SSSR count). The summed E-state index contributed by atoms with van der Waals surface area (Å²) in [7, 11) is 1.59. The minimum absolute atomic E-state index is 0.131. The van der Waals surface area contributed by atoms with Crippen LogP contribution in [0.2, 0.25) is 5.02 Å². The summed E-state index contributed by atoms with van der Waals surface area (Å²) in [6, 6.07) is 14.8. The van der Waals surface area contributed by atoms with E-state index < -0.39 is 0 Å². The normalized spacial score (nSPS) is 10.9. The first-order valence-corrected chi connectivity index (χ1v) is 10.9. The second-order valence-electron chi connectivity index (χ2n) is 6.16. The van der Waals surface area contributed by atoms with Crippen LogP contribution in [0.1, 0.15) is 15.9 Å². The zero-order chi connectivity index (χ0) is 20.4. The minimum Gasteiger partial charge on any atom is -0.494 e. The van der Waals surface area contributed by atoms with Gasteiger partial charge in [-0.05, 0) is 58.5 Å². The number of nitrogens with zero attached hydrogens (tertiary/aromatic N) is 3. The molecule has 1 amide bonds. The Labute approximate surface area is 190 Å². The highest BCUT2D eigenvalue weighted by Crippen LogP contribution is 2.39. The molecule has 0 N–H and O–H groups in total. The van der Waals surface area contributed by atoms with Gasteiger partial charge >= 0.3 is 0 Å². The smallest absolute Gasteiger partial charge is 0.261 e. The molecule has 0 saturated heterocycles. The zero-order valence-corrected chi connectivity index (χ0v) is 19.0. The number of anilines is 1. The fraction of sp³-hybridized carbons (Fsp3) is 0.0952. The number of hydrogen-bond donors (Lipinski definition) is 0. The summed E-state index contributed by atoms with van der Waals surface area (Å²) < 4.78 is 7.09. The summed E-state index contributed by atoms with van der Waals surface area (Å²) in [5.74, 6) is 0.489. The molecule has 0 atom stereocenters. The van der Waals surface area contributed by atoms with Crippen LogP contribution in [0, 0.1) is 3.57 Å². The van der Waals surface area contributed by atoms with Crippen molar-refractivity contribution in [1.29, 1.82) is 0 Å². The molecule has 2 aromatic carbocycles. The largest absolute Gasteiger partial charge is 0.494 e. The van der Waals surface area contributed by atoms with Crippen LogP contribution in [0.25, 0.3) is 10.2 Å². The first-order valence-electron chi connectivity index (χ1n) is 8.67. The van der Waals surface area contributed by atoms with Crippen LogP contribution in [0.4, 0.5) is 5.13 Å². The molecule has 5 nitrogen and oxygen atoms in total. The number of pyridine rings is 1. The van der Waals surface area contributed by atoms with Gasteiger partial charge in [-0.25, -0.2) is 4.98 Å². The predicted octanol–water partition coefficient (Wildman–Crippen LogP) is 5.80. The number of halogens is 2. The summed E-state index contributed by atoms with van der Waals surface area (Å²) in [5, 5.41) is 1.13. The van der Waals surface area contributed by atoms with Crippen molar-refractivity contribution in [2.24, 2.45) is 0 Å². The highest BCUT2D eigenvalue weighted by Gasteiger charge is 2.24. The molecule has 0 fully saturated rings. The van der Waals surface area contributed by atoms with E-state index in [1.54, 1.807) is 36.5 Å². The molecule has 0 spiro atoms. The molecule has 0 aliphatic carbocycles. The van der Waals surface area contributed by atoms with Crippen molar-refractivity contribution in [2.75, 3.05) is 12.0 Å². The Morgan fingerprint density at radius 2 is 2.03 bits per heavy atom. The van der Waals surface area contributed by atoms with E-state index in [0.717, 1.165) is 13.8 Å². The summed E-state index contributed by atoms with van der Waals surface area (Å²) in [6.07, 6.45) is 3.45. The van der Waals surface area contributed by atoms with Gasteiger partial charge in [0.2, 0.25) is 0 Å². The number of rotatable bonds is 5. The lowest BCUT2D eigenvalue weighted by atomic mass is 10.2. The van der Waals surface area contributed by atoms with Gasteiger partial charge in [-0.3, -0.25) is 14.7 Å². The average molecular weight is 536 g/mol. The monoisotopic (exact) mass is 535 g/mol. The Balaban J connectivity index is 1.84. The standard InChI is InChI=1S/C21H15ClIN3O2S/c1-28-17-9-8-15(22)19-18(17)25-21(29-19)26(12-13-5-4-10-24-11-13)20(27)14-6-2-3-7-16(14)23/h2-11H,12H2,1H3. The van der Waals surface area contributed by atoms with Crippen LogP contribution in [-0.4, -0.2) is 23.0 Å². The maximum absolute atomic E-state index is 13.5. The van der Waals surface area contributed by atoms with Gasteiger partial charge in [0.1, 0.15) is 11.3 Å². The number of ether oxygens (including phenoxy) is 1. The van der Waals surface area contributed by atoms with Crippen molar-refractivity contribution in [3.05, 3.63) is 80.6 Å². The van der Waals surface area contributed by atoms with Gasteiger partial charge in [-0.15, -0.1) is 0 Å². The first-order chi connectivity index (χ1) is 14.1. The fourth-order valence-corrected chi connectivity index (χ4v) is 4.77. The summed E-state index contributed by atoms with van der Waals surface area (Å²) >= 11 is 9.93. The van der Waals surface area contributed by atoms with Crippen molar-refractivity contribution in [2.45, 2.75) is 6.54 Å². The third kappa shape index (κ3) is 4.08. The molecule has 0 saturated carbocycles. The van der Waals surface area contributed by atoms with Gasteiger partial charge < -0.3 is 4.74 Å². The van der Waals surface area contributed by atoms with Crippen molar-refractivity contribution >= 4 is 66.8 Å². The number of benzene rings is 2. The molecule has 0 aliphatic rings. The molecule has 146 valence electrons. The van der Waals surface area contributed by atoms with Gasteiger partial charge in [-0.2, -0.15) is 0 Å². The number of hydrogen-bond acceptors (Lipinski definition) is 5. The van der Waals surface area contributed by atoms with E-state index in [1.807, 2.05) is 36.4 Å². The molecular weight excluding hydrogens is 521 g/mol. The second-order valence-corrected chi connectivity index (χ2v) is 8.70. The molecule has 2 heterocycles. The predicted molar refractivity (Wildman–Crippen MR) is 125 cm³/mol. The quantitative estimate of drug-likeness (QED) is 0.303. The maximum atomic E-state index is 13.5. The second kappa shape index (κ2) is 8.64. The van der Waals surface area contributed by atoms with E-state index in [2.05, 4.69) is 27.6 Å². The Bertz CT molecular complexity index is 1180. The molecule has 4 aromatic rings. The van der Waals surface area contributed by atoms with Crippen molar-refractivity contribution in [1.82, 2.24) is 9.97 Å². The van der Waals surface area contributed by atoms with Gasteiger partial charge in [0.05, 0.1) is 28.9 Å². The number of amides is 1. The molecule has 0 aliphatic heterocycles. The zero-order valence-electron chi connectivity index (χ0n) is 15.3. The highest BCUT2D eigenvalue weighted by atomic mass is 127. The fourth-order valence-electron chi connectivity index (χ4n) is 2.90. The number of methoxy groups -OCH3 is 1. The van der Waals surface area contributed by atoms with E-state index in [4.69, 9.17) is 21.3 Å². The minimum atomic E-state index is -0.131. The van der Waals surface area contributed by atoms with Crippen LogP contribution in [-0.2, 0) is 6.54 Å². The molecule has 2 aromatic heterocycles. The Hall–Kier alpha value is -2.23. The molecule has 0 radical (unpaired) electrons. The molecule has 29 heavy (non-hydrogen) atoms. The van der Waals surface area contributed by atoms with E-state index in [9.17, 15) is 4.79 Å². The van der Waals surface area contributed by atoms with Crippen molar-refractivity contribution in [3.8, 4) is 5.75 Å². The summed E-state index contributed by atoms with van der Waals surface area (Å²) in [4.78, 5) is 24.0. The van der Waals surface area contributed by atoms with Crippen molar-refractivity contribution in [3.63, 3.8) is 0 Å². The van der Waals surface area contributed by atoms with E-state index in [-0.39, 0.29) is 5.91 Å². The van der Waals surface area contributed by atoms with E-state index in [1.165, 1.54) is 11.3 Å². The average Bonchev–Trinajstić information content (AvgIpc) is 3.19. The van der Waals surface area contributed by atoms with E-state index >= 15 is 0 Å². The maximum Gasteiger partial charge on any atom is 0.261 e. The SMILES string of the molecule is COc1ccc(Cl)c2sc(N(Cc3cccnc3)C(=O)c3ccccc3I)nc12.